The standard InChI is InChI=1S/C32H37ClN4O3S/c1-32(2,40-28-13-7-6-12-26(28)33)31(39)37-17-14-25(15-18-37)29-34-27(23-41-29)30(38)36-21-19-35(20-22-36)16-8-11-24-9-4-3-5-10-24/h3-13,23,25H,14-22H2,1-2H3/b11-8-. The fourth-order valence-corrected chi connectivity index (χ4v) is 6.47. The van der Waals surface area contributed by atoms with Crippen LogP contribution < -0.4 is 4.74 Å². The van der Waals surface area contributed by atoms with Crippen LogP contribution in [0.15, 0.2) is 66.1 Å². The third kappa shape index (κ3) is 7.36. The molecule has 0 unspecified atom stereocenters. The number of aromatic nitrogens is 1. The van der Waals surface area contributed by atoms with Gasteiger partial charge in [-0.3, -0.25) is 14.5 Å². The highest BCUT2D eigenvalue weighted by Crippen LogP contribution is 2.33. The number of halogens is 1. The van der Waals surface area contributed by atoms with Crippen molar-refractivity contribution in [1.29, 1.82) is 0 Å². The van der Waals surface area contributed by atoms with Gasteiger partial charge in [-0.05, 0) is 44.4 Å². The van der Waals surface area contributed by atoms with Gasteiger partial charge in [-0.15, -0.1) is 11.3 Å². The molecule has 0 atom stereocenters. The van der Waals surface area contributed by atoms with Gasteiger partial charge in [-0.25, -0.2) is 4.98 Å². The van der Waals surface area contributed by atoms with Gasteiger partial charge in [-0.1, -0.05) is 66.2 Å². The molecule has 3 aromatic rings. The molecule has 0 radical (unpaired) electrons. The van der Waals surface area contributed by atoms with Crippen molar-refractivity contribution in [2.75, 3.05) is 45.8 Å². The Bertz CT molecular complexity index is 1360. The first-order chi connectivity index (χ1) is 19.8. The van der Waals surface area contributed by atoms with Crippen LogP contribution in [-0.2, 0) is 4.79 Å². The van der Waals surface area contributed by atoms with Crippen LogP contribution in [0.5, 0.6) is 5.75 Å². The molecule has 0 aliphatic carbocycles. The normalized spacial score (nSPS) is 17.2. The van der Waals surface area contributed by atoms with Crippen LogP contribution in [0.25, 0.3) is 6.08 Å². The molecule has 2 saturated heterocycles. The zero-order chi connectivity index (χ0) is 28.8. The van der Waals surface area contributed by atoms with Crippen molar-refractivity contribution in [3.8, 4) is 5.75 Å². The number of piperidine rings is 1. The summed E-state index contributed by atoms with van der Waals surface area (Å²) in [5.74, 6) is 0.703. The van der Waals surface area contributed by atoms with Gasteiger partial charge in [-0.2, -0.15) is 0 Å². The van der Waals surface area contributed by atoms with Crippen molar-refractivity contribution in [2.45, 2.75) is 38.2 Å². The minimum Gasteiger partial charge on any atom is -0.476 e. The van der Waals surface area contributed by atoms with E-state index >= 15 is 0 Å². The number of amides is 2. The van der Waals surface area contributed by atoms with Gasteiger partial charge >= 0.3 is 0 Å². The monoisotopic (exact) mass is 592 g/mol. The molecule has 2 aliphatic heterocycles. The number of piperazine rings is 1. The molecule has 2 aromatic carbocycles. The minimum absolute atomic E-state index is 0.0121. The van der Waals surface area contributed by atoms with E-state index in [1.165, 1.54) is 5.56 Å². The number of carbonyl (C=O) groups is 2. The number of nitrogens with zero attached hydrogens (tertiary/aromatic N) is 4. The van der Waals surface area contributed by atoms with Crippen molar-refractivity contribution in [1.82, 2.24) is 19.7 Å². The third-order valence-corrected chi connectivity index (χ3v) is 9.04. The van der Waals surface area contributed by atoms with Gasteiger partial charge in [0.1, 0.15) is 11.4 Å². The average Bonchev–Trinajstić information content (AvgIpc) is 3.49. The summed E-state index contributed by atoms with van der Waals surface area (Å²) >= 11 is 7.79. The molecule has 2 amide bonds. The Kier molecular flexibility index (Phi) is 9.42. The van der Waals surface area contributed by atoms with E-state index in [1.54, 1.807) is 37.3 Å². The van der Waals surface area contributed by atoms with Crippen LogP contribution in [0.1, 0.15) is 53.7 Å². The lowest BCUT2D eigenvalue weighted by atomic mass is 9.96. The summed E-state index contributed by atoms with van der Waals surface area (Å²) in [5.41, 5.74) is 0.709. The molecular weight excluding hydrogens is 556 g/mol. The molecule has 2 fully saturated rings. The second-order valence-electron chi connectivity index (χ2n) is 11.1. The van der Waals surface area contributed by atoms with Gasteiger partial charge in [0.05, 0.1) is 10.0 Å². The Morgan fingerprint density at radius 3 is 2.37 bits per heavy atom. The van der Waals surface area contributed by atoms with E-state index in [2.05, 4.69) is 29.2 Å². The van der Waals surface area contributed by atoms with Crippen LogP contribution >= 0.6 is 22.9 Å². The molecule has 0 spiro atoms. The molecule has 2 aliphatic rings. The molecule has 216 valence electrons. The fourth-order valence-electron chi connectivity index (χ4n) is 5.33. The number of hydrogen-bond acceptors (Lipinski definition) is 6. The molecule has 0 N–H and O–H groups in total. The molecule has 3 heterocycles. The van der Waals surface area contributed by atoms with Gasteiger partial charge in [0.25, 0.3) is 11.8 Å². The lowest BCUT2D eigenvalue weighted by Crippen LogP contribution is -2.51. The number of carbonyl (C=O) groups excluding carboxylic acids is 2. The summed E-state index contributed by atoms with van der Waals surface area (Å²) < 4.78 is 6.01. The van der Waals surface area contributed by atoms with Crippen molar-refractivity contribution in [3.63, 3.8) is 0 Å². The molecule has 41 heavy (non-hydrogen) atoms. The smallest absolute Gasteiger partial charge is 0.273 e. The Morgan fingerprint density at radius 1 is 0.976 bits per heavy atom. The topological polar surface area (TPSA) is 66.0 Å². The third-order valence-electron chi connectivity index (χ3n) is 7.72. The van der Waals surface area contributed by atoms with E-state index < -0.39 is 5.60 Å². The Labute approximate surface area is 251 Å². The number of hydrogen-bond donors (Lipinski definition) is 0. The second-order valence-corrected chi connectivity index (χ2v) is 12.4. The minimum atomic E-state index is -1.03. The molecule has 7 nitrogen and oxygen atoms in total. The van der Waals surface area contributed by atoms with Crippen molar-refractivity contribution < 1.29 is 14.3 Å². The van der Waals surface area contributed by atoms with Gasteiger partial charge in [0, 0.05) is 57.1 Å². The van der Waals surface area contributed by atoms with Gasteiger partial charge in [0.2, 0.25) is 0 Å². The highest BCUT2D eigenvalue weighted by molar-refractivity contribution is 7.09. The summed E-state index contributed by atoms with van der Waals surface area (Å²) in [6.07, 6.45) is 5.95. The number of benzene rings is 2. The zero-order valence-electron chi connectivity index (χ0n) is 23.7. The number of thiazole rings is 1. The van der Waals surface area contributed by atoms with Crippen molar-refractivity contribution in [3.05, 3.63) is 87.3 Å². The first kappa shape index (κ1) is 29.3. The fraction of sp³-hybridized carbons (Fsp3) is 0.406. The van der Waals surface area contributed by atoms with E-state index in [1.807, 2.05) is 45.5 Å². The maximum absolute atomic E-state index is 13.3. The maximum Gasteiger partial charge on any atom is 0.273 e. The Morgan fingerprint density at radius 2 is 1.66 bits per heavy atom. The second kappa shape index (κ2) is 13.2. The van der Waals surface area contributed by atoms with E-state index in [4.69, 9.17) is 21.3 Å². The van der Waals surface area contributed by atoms with E-state index in [9.17, 15) is 9.59 Å². The molecule has 9 heteroatoms. The number of para-hydroxylation sites is 1. The summed E-state index contributed by atoms with van der Waals surface area (Å²) in [6, 6.07) is 17.5. The van der Waals surface area contributed by atoms with Gasteiger partial charge < -0.3 is 14.5 Å². The summed E-state index contributed by atoms with van der Waals surface area (Å²) in [4.78, 5) is 37.4. The van der Waals surface area contributed by atoms with Crippen molar-refractivity contribution >= 4 is 40.8 Å². The SMILES string of the molecule is CC(C)(Oc1ccccc1Cl)C(=O)N1CCC(c2nc(C(=O)N3CCN(C/C=C\c4ccccc4)CC3)cs2)CC1. The quantitative estimate of drug-likeness (QED) is 0.329. The molecule has 5 rings (SSSR count). The first-order valence-electron chi connectivity index (χ1n) is 14.2. The van der Waals surface area contributed by atoms with E-state index in [0.29, 0.717) is 42.6 Å². The van der Waals surface area contributed by atoms with Crippen LogP contribution in [0.2, 0.25) is 5.02 Å². The largest absolute Gasteiger partial charge is 0.476 e. The summed E-state index contributed by atoms with van der Waals surface area (Å²) in [6.45, 7) is 8.81. The van der Waals surface area contributed by atoms with Crippen LogP contribution in [0.4, 0.5) is 0 Å². The van der Waals surface area contributed by atoms with Crippen molar-refractivity contribution in [2.24, 2.45) is 0 Å². The van der Waals surface area contributed by atoms with Gasteiger partial charge in [0.15, 0.2) is 5.60 Å². The van der Waals surface area contributed by atoms with E-state index in [-0.39, 0.29) is 17.7 Å². The lowest BCUT2D eigenvalue weighted by molar-refractivity contribution is -0.146. The molecule has 0 bridgehead atoms. The highest BCUT2D eigenvalue weighted by atomic mass is 35.5. The number of likely N-dealkylation sites (tertiary alicyclic amines) is 1. The highest BCUT2D eigenvalue weighted by Gasteiger charge is 2.37. The zero-order valence-corrected chi connectivity index (χ0v) is 25.2. The lowest BCUT2D eigenvalue weighted by Gasteiger charge is -2.36. The van der Waals surface area contributed by atoms with E-state index in [0.717, 1.165) is 37.5 Å². The first-order valence-corrected chi connectivity index (χ1v) is 15.5. The summed E-state index contributed by atoms with van der Waals surface area (Å²) in [5, 5.41) is 3.36. The Balaban J connectivity index is 1.08. The molecular formula is C32H37ClN4O3S. The molecule has 1 aromatic heterocycles. The predicted molar refractivity (Wildman–Crippen MR) is 165 cm³/mol. The number of rotatable bonds is 8. The van der Waals surface area contributed by atoms with Crippen LogP contribution in [-0.4, -0.2) is 82.9 Å². The average molecular weight is 593 g/mol. The Hall–Kier alpha value is -3.20. The van der Waals surface area contributed by atoms with Crippen LogP contribution in [0.3, 0.4) is 0 Å². The summed E-state index contributed by atoms with van der Waals surface area (Å²) in [7, 11) is 0. The maximum atomic E-state index is 13.3. The predicted octanol–water partition coefficient (Wildman–Crippen LogP) is 5.83. The number of ether oxygens (including phenoxy) is 1. The molecule has 0 saturated carbocycles. The van der Waals surface area contributed by atoms with Crippen LogP contribution in [0, 0.1) is 0 Å².